The first-order valence-corrected chi connectivity index (χ1v) is 14.1. The van der Waals surface area contributed by atoms with E-state index in [-0.39, 0.29) is 41.8 Å². The minimum absolute atomic E-state index is 0. The number of halogens is 2. The molecule has 8 nitrogen and oxygen atoms in total. The van der Waals surface area contributed by atoms with Crippen LogP contribution >= 0.6 is 35.3 Å². The van der Waals surface area contributed by atoms with Gasteiger partial charge in [-0.05, 0) is 61.2 Å². The van der Waals surface area contributed by atoms with Gasteiger partial charge in [-0.15, -0.1) is 28.8 Å². The highest BCUT2D eigenvalue weighted by Crippen LogP contribution is 2.24. The van der Waals surface area contributed by atoms with Gasteiger partial charge in [-0.3, -0.25) is 14.6 Å². The van der Waals surface area contributed by atoms with Crippen LogP contribution in [0, 0.1) is 6.92 Å². The SMILES string of the molecule is Cc1cn(CC(=O)O)/c(=N/N2CCCCC2C(=O)CCS(=O)(=O)c2ccc3cc(Cl)ccc3c2)s1.Cl. The summed E-state index contributed by atoms with van der Waals surface area (Å²) in [5.74, 6) is -1.44. The predicted molar refractivity (Wildman–Crippen MR) is 142 cm³/mol. The summed E-state index contributed by atoms with van der Waals surface area (Å²) >= 11 is 7.36. The van der Waals surface area contributed by atoms with Gasteiger partial charge >= 0.3 is 5.97 Å². The Morgan fingerprint density at radius 2 is 1.89 bits per heavy atom. The highest BCUT2D eigenvalue weighted by molar-refractivity contribution is 7.91. The molecule has 3 aromatic rings. The number of carboxylic acids is 1. The molecule has 0 saturated carbocycles. The third kappa shape index (κ3) is 6.67. The van der Waals surface area contributed by atoms with Crippen LogP contribution in [0.15, 0.2) is 52.6 Å². The van der Waals surface area contributed by atoms with Crippen LogP contribution in [0.2, 0.25) is 5.02 Å². The van der Waals surface area contributed by atoms with Crippen LogP contribution in [0.5, 0.6) is 0 Å². The lowest BCUT2D eigenvalue weighted by atomic mass is 9.99. The van der Waals surface area contributed by atoms with Crippen LogP contribution in [-0.4, -0.2) is 53.2 Å². The minimum Gasteiger partial charge on any atom is -0.480 e. The Bertz CT molecular complexity index is 1450. The average Bonchev–Trinajstić information content (AvgIpc) is 3.15. The van der Waals surface area contributed by atoms with Gasteiger partial charge in [0, 0.05) is 29.1 Å². The second-order valence-corrected chi connectivity index (χ2v) is 12.4. The largest absolute Gasteiger partial charge is 0.480 e. The van der Waals surface area contributed by atoms with E-state index in [4.69, 9.17) is 16.7 Å². The molecule has 1 saturated heterocycles. The van der Waals surface area contributed by atoms with E-state index in [1.807, 2.05) is 6.92 Å². The highest BCUT2D eigenvalue weighted by atomic mass is 35.5. The number of thiazole rings is 1. The normalized spacial score (nSPS) is 16.7. The molecule has 4 rings (SSSR count). The number of hydrogen-bond donors (Lipinski definition) is 1. The predicted octanol–water partition coefficient (Wildman–Crippen LogP) is 4.27. The first-order chi connectivity index (χ1) is 16.6. The van der Waals surface area contributed by atoms with E-state index in [0.29, 0.717) is 22.8 Å². The quantitative estimate of drug-likeness (QED) is 0.432. The zero-order valence-electron chi connectivity index (χ0n) is 19.6. The molecule has 0 bridgehead atoms. The maximum Gasteiger partial charge on any atom is 0.323 e. The standard InChI is InChI=1S/C24H26ClN3O5S2.ClH/c1-16-14-27(15-23(30)31)24(34-16)26-28-10-3-2-4-21(28)22(29)9-11-35(32,33)20-8-6-17-12-19(25)7-5-18(17)13-20;/h5-8,12-14,21H,2-4,9-11,15H2,1H3,(H,30,31);1H/b26-24-;. The van der Waals surface area contributed by atoms with Crippen molar-refractivity contribution in [2.45, 2.75) is 50.1 Å². The van der Waals surface area contributed by atoms with Gasteiger partial charge in [0.05, 0.1) is 10.6 Å². The van der Waals surface area contributed by atoms with E-state index in [1.54, 1.807) is 52.2 Å². The number of Topliss-reactive ketones (excluding diaryl/α,β-unsaturated/α-hetero) is 1. The minimum atomic E-state index is -3.66. The Balaban J connectivity index is 0.00000361. The molecule has 1 atom stereocenters. The second kappa shape index (κ2) is 11.8. The van der Waals surface area contributed by atoms with E-state index in [2.05, 4.69) is 5.10 Å². The summed E-state index contributed by atoms with van der Waals surface area (Å²) < 4.78 is 27.5. The lowest BCUT2D eigenvalue weighted by Crippen LogP contribution is -2.43. The summed E-state index contributed by atoms with van der Waals surface area (Å²) in [6.45, 7) is 2.21. The molecule has 1 N–H and O–H groups in total. The monoisotopic (exact) mass is 571 g/mol. The molecule has 0 aliphatic carbocycles. The second-order valence-electron chi connectivity index (χ2n) is 8.61. The van der Waals surface area contributed by atoms with Crippen LogP contribution in [-0.2, 0) is 26.0 Å². The molecular formula is C24H27Cl2N3O5S2. The number of rotatable bonds is 8. The smallest absolute Gasteiger partial charge is 0.323 e. The third-order valence-electron chi connectivity index (χ3n) is 5.95. The topological polar surface area (TPSA) is 109 Å². The molecule has 0 amide bonds. The van der Waals surface area contributed by atoms with Gasteiger partial charge in [0.15, 0.2) is 15.6 Å². The fourth-order valence-corrected chi connectivity index (χ4v) is 6.54. The van der Waals surface area contributed by atoms with Crippen molar-refractivity contribution in [3.05, 3.63) is 57.3 Å². The molecule has 1 aromatic heterocycles. The lowest BCUT2D eigenvalue weighted by Gasteiger charge is -2.32. The summed E-state index contributed by atoms with van der Waals surface area (Å²) in [6, 6.07) is 9.58. The van der Waals surface area contributed by atoms with Crippen LogP contribution in [0.25, 0.3) is 10.8 Å². The fraction of sp³-hybridized carbons (Fsp3) is 0.375. The molecule has 2 heterocycles. The van der Waals surface area contributed by atoms with Crippen LogP contribution in [0.3, 0.4) is 0 Å². The van der Waals surface area contributed by atoms with E-state index in [0.717, 1.165) is 28.5 Å². The number of aromatic nitrogens is 1. The van der Waals surface area contributed by atoms with Crippen molar-refractivity contribution in [3.8, 4) is 0 Å². The van der Waals surface area contributed by atoms with Crippen molar-refractivity contribution < 1.29 is 23.1 Å². The van der Waals surface area contributed by atoms with Gasteiger partial charge in [-0.1, -0.05) is 23.7 Å². The summed E-state index contributed by atoms with van der Waals surface area (Å²) in [5.41, 5.74) is 0. The van der Waals surface area contributed by atoms with Crippen molar-refractivity contribution in [3.63, 3.8) is 0 Å². The van der Waals surface area contributed by atoms with Gasteiger partial charge in [0.2, 0.25) is 4.80 Å². The van der Waals surface area contributed by atoms with Crippen LogP contribution in [0.4, 0.5) is 0 Å². The number of fused-ring (bicyclic) bond motifs is 1. The summed E-state index contributed by atoms with van der Waals surface area (Å²) in [6.07, 6.45) is 3.90. The Morgan fingerprint density at radius 1 is 1.17 bits per heavy atom. The number of nitrogens with zero attached hydrogens (tertiary/aromatic N) is 3. The highest BCUT2D eigenvalue weighted by Gasteiger charge is 2.29. The number of sulfone groups is 1. The van der Waals surface area contributed by atoms with Gasteiger partial charge < -0.3 is 9.67 Å². The number of carboxylic acid groups (broad SMARTS) is 1. The number of piperidine rings is 1. The van der Waals surface area contributed by atoms with E-state index in [9.17, 15) is 18.0 Å². The van der Waals surface area contributed by atoms with Gasteiger partial charge in [0.1, 0.15) is 12.6 Å². The van der Waals surface area contributed by atoms with E-state index >= 15 is 0 Å². The molecule has 194 valence electrons. The Morgan fingerprint density at radius 3 is 2.64 bits per heavy atom. The fourth-order valence-electron chi connectivity index (χ4n) is 4.22. The van der Waals surface area contributed by atoms with Gasteiger partial charge in [-0.2, -0.15) is 0 Å². The summed E-state index contributed by atoms with van der Waals surface area (Å²) in [7, 11) is -3.66. The van der Waals surface area contributed by atoms with Gasteiger partial charge in [0.25, 0.3) is 0 Å². The maximum absolute atomic E-state index is 13.1. The Kier molecular flexibility index (Phi) is 9.21. The molecule has 1 aliphatic heterocycles. The van der Waals surface area contributed by atoms with E-state index < -0.39 is 21.8 Å². The number of aryl methyl sites for hydroxylation is 1. The van der Waals surface area contributed by atoms with Crippen molar-refractivity contribution in [2.75, 3.05) is 12.3 Å². The number of benzene rings is 2. The maximum atomic E-state index is 13.1. The lowest BCUT2D eigenvalue weighted by molar-refractivity contribution is -0.137. The molecule has 1 unspecified atom stereocenters. The molecule has 0 spiro atoms. The first kappa shape index (κ1) is 28.2. The number of hydrogen-bond acceptors (Lipinski definition) is 7. The first-order valence-electron chi connectivity index (χ1n) is 11.3. The van der Waals surface area contributed by atoms with Crippen molar-refractivity contribution in [1.29, 1.82) is 0 Å². The molecule has 36 heavy (non-hydrogen) atoms. The molecule has 0 radical (unpaired) electrons. The van der Waals surface area contributed by atoms with Crippen molar-refractivity contribution >= 4 is 67.7 Å². The molecule has 2 aromatic carbocycles. The summed E-state index contributed by atoms with van der Waals surface area (Å²) in [4.78, 5) is 25.9. The number of carbonyl (C=O) groups is 2. The van der Waals surface area contributed by atoms with Crippen LogP contribution in [0.1, 0.15) is 30.6 Å². The molecular weight excluding hydrogens is 545 g/mol. The van der Waals surface area contributed by atoms with Gasteiger partial charge in [-0.25, -0.2) is 8.42 Å². The molecule has 12 heteroatoms. The molecule has 1 fully saturated rings. The van der Waals surface area contributed by atoms with E-state index in [1.165, 1.54) is 11.3 Å². The Hall–Kier alpha value is -2.40. The number of aliphatic carboxylic acids is 1. The summed E-state index contributed by atoms with van der Waals surface area (Å²) in [5, 5.41) is 17.7. The number of ketones is 1. The Labute approximate surface area is 224 Å². The van der Waals surface area contributed by atoms with Crippen molar-refractivity contribution in [1.82, 2.24) is 9.58 Å². The average molecular weight is 573 g/mol. The molecule has 1 aliphatic rings. The number of carbonyl (C=O) groups excluding carboxylic acids is 1. The van der Waals surface area contributed by atoms with Crippen molar-refractivity contribution in [2.24, 2.45) is 5.10 Å². The zero-order valence-corrected chi connectivity index (χ0v) is 22.8. The zero-order chi connectivity index (χ0) is 25.2. The van der Waals surface area contributed by atoms with Crippen LogP contribution < -0.4 is 4.80 Å². The third-order valence-corrected chi connectivity index (χ3v) is 8.83.